The molecule has 160 valence electrons. The van der Waals surface area contributed by atoms with Crippen molar-refractivity contribution >= 4 is 12.0 Å². The van der Waals surface area contributed by atoms with Crippen molar-refractivity contribution in [2.75, 3.05) is 33.9 Å². The Kier molecular flexibility index (Phi) is 7.74. The summed E-state index contributed by atoms with van der Waals surface area (Å²) < 4.78 is 15.6. The van der Waals surface area contributed by atoms with E-state index in [1.54, 1.807) is 31.4 Å². The van der Waals surface area contributed by atoms with Gasteiger partial charge in [0.25, 0.3) is 0 Å². The fraction of sp³-hybridized carbons (Fsp3) is 0.375. The number of likely N-dealkylation sites (tertiary alicyclic amines) is 1. The van der Waals surface area contributed by atoms with Gasteiger partial charge in [0.1, 0.15) is 5.75 Å². The number of esters is 1. The molecule has 0 atom stereocenters. The average Bonchev–Trinajstić information content (AvgIpc) is 2.78. The Hall–Kier alpha value is -2.99. The Balaban J connectivity index is 1.38. The van der Waals surface area contributed by atoms with Gasteiger partial charge in [0.15, 0.2) is 11.5 Å². The van der Waals surface area contributed by atoms with Gasteiger partial charge in [-0.1, -0.05) is 18.2 Å². The minimum absolute atomic E-state index is 0.0365. The van der Waals surface area contributed by atoms with Crippen molar-refractivity contribution in [3.05, 3.63) is 59.7 Å². The van der Waals surface area contributed by atoms with E-state index in [1.165, 1.54) is 18.7 Å². The third kappa shape index (κ3) is 6.26. The molecule has 1 heterocycles. The molecule has 2 aromatic carbocycles. The molecule has 3 rings (SSSR count). The maximum atomic E-state index is 12.0. The summed E-state index contributed by atoms with van der Waals surface area (Å²) in [6.07, 6.45) is 5.04. The van der Waals surface area contributed by atoms with Gasteiger partial charge >= 0.3 is 5.97 Å². The number of ether oxygens (including phenoxy) is 3. The molecule has 0 saturated carbocycles. The molecule has 1 fully saturated rings. The first-order chi connectivity index (χ1) is 14.6. The number of phenolic OH excluding ortho intramolecular Hbond substituents is 1. The van der Waals surface area contributed by atoms with Crippen LogP contribution in [0.5, 0.6) is 17.2 Å². The van der Waals surface area contributed by atoms with E-state index in [0.717, 1.165) is 38.2 Å². The molecular formula is C24H29NO5. The normalized spacial score (nSPS) is 15.3. The Morgan fingerprint density at radius 2 is 1.83 bits per heavy atom. The van der Waals surface area contributed by atoms with Gasteiger partial charge in [-0.15, -0.1) is 0 Å². The smallest absolute Gasteiger partial charge is 0.330 e. The number of methoxy groups -OCH3 is 2. The Bertz CT molecular complexity index is 854. The first-order valence-electron chi connectivity index (χ1n) is 10.1. The summed E-state index contributed by atoms with van der Waals surface area (Å²) in [5.74, 6) is 1.32. The zero-order chi connectivity index (χ0) is 21.3. The van der Waals surface area contributed by atoms with Crippen LogP contribution in [-0.4, -0.2) is 49.9 Å². The Morgan fingerprint density at radius 3 is 2.47 bits per heavy atom. The SMILES string of the molecule is COc1ccc(CN2CCC(COC(=O)/C=C/c3ccc(OC)c(O)c3)CC2)cc1. The molecule has 1 N–H and O–H groups in total. The summed E-state index contributed by atoms with van der Waals surface area (Å²) in [6, 6.07) is 13.1. The summed E-state index contributed by atoms with van der Waals surface area (Å²) in [5, 5.41) is 9.78. The third-order valence-electron chi connectivity index (χ3n) is 5.35. The second-order valence-electron chi connectivity index (χ2n) is 7.46. The Labute approximate surface area is 177 Å². The van der Waals surface area contributed by atoms with Gasteiger partial charge < -0.3 is 19.3 Å². The maximum Gasteiger partial charge on any atom is 0.330 e. The molecule has 0 radical (unpaired) electrons. The number of aromatic hydroxyl groups is 1. The highest BCUT2D eigenvalue weighted by molar-refractivity contribution is 5.87. The summed E-state index contributed by atoms with van der Waals surface area (Å²) in [7, 11) is 3.16. The number of piperidine rings is 1. The largest absolute Gasteiger partial charge is 0.504 e. The van der Waals surface area contributed by atoms with Gasteiger partial charge in [-0.25, -0.2) is 4.79 Å². The molecule has 0 bridgehead atoms. The van der Waals surface area contributed by atoms with Crippen LogP contribution in [0, 0.1) is 5.92 Å². The van der Waals surface area contributed by atoms with Crippen molar-refractivity contribution in [1.82, 2.24) is 4.90 Å². The van der Waals surface area contributed by atoms with Crippen molar-refractivity contribution in [3.8, 4) is 17.2 Å². The second-order valence-corrected chi connectivity index (χ2v) is 7.46. The monoisotopic (exact) mass is 411 g/mol. The molecule has 0 aliphatic carbocycles. The van der Waals surface area contributed by atoms with Gasteiger partial charge in [0, 0.05) is 12.6 Å². The van der Waals surface area contributed by atoms with Crippen LogP contribution in [0.1, 0.15) is 24.0 Å². The molecule has 30 heavy (non-hydrogen) atoms. The number of nitrogens with zero attached hydrogens (tertiary/aromatic N) is 1. The van der Waals surface area contributed by atoms with Crippen molar-refractivity contribution < 1.29 is 24.1 Å². The summed E-state index contributed by atoms with van der Waals surface area (Å²) in [4.78, 5) is 14.4. The van der Waals surface area contributed by atoms with Crippen LogP contribution in [0.2, 0.25) is 0 Å². The number of benzene rings is 2. The van der Waals surface area contributed by atoms with Gasteiger partial charge in [0.05, 0.1) is 20.8 Å². The molecule has 2 aromatic rings. The van der Waals surface area contributed by atoms with Crippen LogP contribution in [0.3, 0.4) is 0 Å². The van der Waals surface area contributed by atoms with Crippen LogP contribution in [0.4, 0.5) is 0 Å². The van der Waals surface area contributed by atoms with E-state index in [4.69, 9.17) is 14.2 Å². The minimum atomic E-state index is -0.369. The zero-order valence-corrected chi connectivity index (χ0v) is 17.5. The lowest BCUT2D eigenvalue weighted by atomic mass is 9.97. The summed E-state index contributed by atoms with van der Waals surface area (Å²) in [6.45, 7) is 3.35. The van der Waals surface area contributed by atoms with Crippen molar-refractivity contribution in [2.24, 2.45) is 5.92 Å². The van der Waals surface area contributed by atoms with Crippen LogP contribution < -0.4 is 9.47 Å². The van der Waals surface area contributed by atoms with Crippen molar-refractivity contribution in [3.63, 3.8) is 0 Å². The molecule has 6 heteroatoms. The molecule has 0 aromatic heterocycles. The van der Waals surface area contributed by atoms with E-state index < -0.39 is 0 Å². The standard InChI is InChI=1S/C24H29NO5/c1-28-21-7-3-19(4-8-21)16-25-13-11-20(12-14-25)17-30-24(27)10-6-18-5-9-23(29-2)22(26)15-18/h3-10,15,20,26H,11-14,16-17H2,1-2H3/b10-6+. The lowest BCUT2D eigenvalue weighted by molar-refractivity contribution is -0.139. The topological polar surface area (TPSA) is 68.2 Å². The van der Waals surface area contributed by atoms with Gasteiger partial charge in [0.2, 0.25) is 0 Å². The Morgan fingerprint density at radius 1 is 1.10 bits per heavy atom. The quantitative estimate of drug-likeness (QED) is 0.525. The highest BCUT2D eigenvalue weighted by Gasteiger charge is 2.20. The number of carbonyl (C=O) groups excluding carboxylic acids is 1. The van der Waals surface area contributed by atoms with E-state index in [1.807, 2.05) is 12.1 Å². The molecule has 0 amide bonds. The molecule has 0 unspecified atom stereocenters. The number of carbonyl (C=O) groups is 1. The van der Waals surface area contributed by atoms with Gasteiger partial charge in [-0.3, -0.25) is 4.90 Å². The second kappa shape index (κ2) is 10.7. The fourth-order valence-electron chi connectivity index (χ4n) is 3.52. The van der Waals surface area contributed by atoms with Crippen LogP contribution >= 0.6 is 0 Å². The van der Waals surface area contributed by atoms with Crippen LogP contribution in [-0.2, 0) is 16.1 Å². The number of hydrogen-bond acceptors (Lipinski definition) is 6. The number of rotatable bonds is 8. The average molecular weight is 411 g/mol. The van der Waals surface area contributed by atoms with Crippen molar-refractivity contribution in [1.29, 1.82) is 0 Å². The number of hydrogen-bond donors (Lipinski definition) is 1. The van der Waals surface area contributed by atoms with E-state index >= 15 is 0 Å². The number of phenols is 1. The van der Waals surface area contributed by atoms with E-state index in [9.17, 15) is 9.90 Å². The predicted octanol–water partition coefficient (Wildman–Crippen LogP) is 3.88. The van der Waals surface area contributed by atoms with Crippen molar-refractivity contribution in [2.45, 2.75) is 19.4 Å². The fourth-order valence-corrected chi connectivity index (χ4v) is 3.52. The van der Waals surface area contributed by atoms with Gasteiger partial charge in [-0.05, 0) is 73.3 Å². The molecule has 1 saturated heterocycles. The third-order valence-corrected chi connectivity index (χ3v) is 5.35. The first kappa shape index (κ1) is 21.7. The molecule has 1 aliphatic heterocycles. The highest BCUT2D eigenvalue weighted by Crippen LogP contribution is 2.26. The van der Waals surface area contributed by atoms with E-state index in [-0.39, 0.29) is 11.7 Å². The van der Waals surface area contributed by atoms with Crippen LogP contribution in [0.25, 0.3) is 6.08 Å². The molecular weight excluding hydrogens is 382 g/mol. The predicted molar refractivity (Wildman–Crippen MR) is 116 cm³/mol. The summed E-state index contributed by atoms with van der Waals surface area (Å²) >= 11 is 0. The minimum Gasteiger partial charge on any atom is -0.504 e. The van der Waals surface area contributed by atoms with E-state index in [0.29, 0.717) is 23.8 Å². The summed E-state index contributed by atoms with van der Waals surface area (Å²) in [5.41, 5.74) is 1.98. The zero-order valence-electron chi connectivity index (χ0n) is 17.5. The molecule has 1 aliphatic rings. The molecule has 6 nitrogen and oxygen atoms in total. The lowest BCUT2D eigenvalue weighted by Crippen LogP contribution is -2.34. The maximum absolute atomic E-state index is 12.0. The van der Waals surface area contributed by atoms with E-state index in [2.05, 4.69) is 17.0 Å². The van der Waals surface area contributed by atoms with Crippen LogP contribution in [0.15, 0.2) is 48.5 Å². The lowest BCUT2D eigenvalue weighted by Gasteiger charge is -2.31. The molecule has 0 spiro atoms. The highest BCUT2D eigenvalue weighted by atomic mass is 16.5. The van der Waals surface area contributed by atoms with Gasteiger partial charge in [-0.2, -0.15) is 0 Å². The first-order valence-corrected chi connectivity index (χ1v) is 10.1.